The number of aromatic nitrogens is 3. The van der Waals surface area contributed by atoms with Crippen LogP contribution in [0.2, 0.25) is 0 Å². The number of aromatic amines is 1. The summed E-state index contributed by atoms with van der Waals surface area (Å²) in [6.07, 6.45) is 0.00823. The highest BCUT2D eigenvalue weighted by Gasteiger charge is 2.47. The lowest BCUT2D eigenvalue weighted by Crippen LogP contribution is -2.51. The van der Waals surface area contributed by atoms with Crippen LogP contribution in [0.3, 0.4) is 0 Å². The average molecular weight is 543 g/mol. The molecule has 202 valence electrons. The van der Waals surface area contributed by atoms with Crippen LogP contribution in [0.25, 0.3) is 33.5 Å². The van der Waals surface area contributed by atoms with Crippen molar-refractivity contribution in [2.45, 2.75) is 37.9 Å². The van der Waals surface area contributed by atoms with E-state index in [1.165, 1.54) is 30.5 Å². The summed E-state index contributed by atoms with van der Waals surface area (Å²) in [7, 11) is 0. The van der Waals surface area contributed by atoms with Crippen LogP contribution >= 0.6 is 0 Å². The van der Waals surface area contributed by atoms with Crippen molar-refractivity contribution >= 4 is 22.7 Å². The van der Waals surface area contributed by atoms with E-state index in [2.05, 4.69) is 20.3 Å². The van der Waals surface area contributed by atoms with Crippen LogP contribution in [0, 0.1) is 29.4 Å². The molecule has 3 N–H and O–H groups in total. The van der Waals surface area contributed by atoms with E-state index in [0.717, 1.165) is 43.9 Å². The summed E-state index contributed by atoms with van der Waals surface area (Å²) in [4.78, 5) is 23.8. The standard InChI is InChI=1S/C28H23F5N4O2/c29-15-9-17-18(12-34-25(17)20(30)10-15)26-35-21(16-3-1-2-4-19(16)28(31,32)33)11-22(37-26)36-24-14-7-5-13(6-8-14)23(24)27(38)39/h1-4,9-14,23-24,34H,5-8H2,(H,38,39)(H,35,36,37)/t13?,14?,23-,24-/m0/s1. The Morgan fingerprint density at radius 2 is 1.69 bits per heavy atom. The molecule has 2 aromatic heterocycles. The molecule has 3 saturated carbocycles. The predicted molar refractivity (Wildman–Crippen MR) is 134 cm³/mol. The van der Waals surface area contributed by atoms with Gasteiger partial charge in [0.05, 0.1) is 22.7 Å². The summed E-state index contributed by atoms with van der Waals surface area (Å²) in [5, 5.41) is 13.3. The van der Waals surface area contributed by atoms with E-state index in [-0.39, 0.29) is 51.2 Å². The van der Waals surface area contributed by atoms with Gasteiger partial charge in [-0.15, -0.1) is 0 Å². The second-order valence-electron chi connectivity index (χ2n) is 10.2. The van der Waals surface area contributed by atoms with Gasteiger partial charge in [0.1, 0.15) is 17.5 Å². The van der Waals surface area contributed by atoms with Crippen LogP contribution in [0.1, 0.15) is 31.2 Å². The fourth-order valence-corrected chi connectivity index (χ4v) is 6.26. The predicted octanol–water partition coefficient (Wildman–Crippen LogP) is 6.89. The third-order valence-corrected chi connectivity index (χ3v) is 8.00. The van der Waals surface area contributed by atoms with E-state index in [1.54, 1.807) is 0 Å². The van der Waals surface area contributed by atoms with Gasteiger partial charge in [-0.1, -0.05) is 18.2 Å². The summed E-state index contributed by atoms with van der Waals surface area (Å²) < 4.78 is 70.2. The van der Waals surface area contributed by atoms with Gasteiger partial charge < -0.3 is 15.4 Å². The highest BCUT2D eigenvalue weighted by Crippen LogP contribution is 2.47. The quantitative estimate of drug-likeness (QED) is 0.239. The van der Waals surface area contributed by atoms with Crippen molar-refractivity contribution in [3.05, 3.63) is 65.9 Å². The molecule has 0 amide bonds. The van der Waals surface area contributed by atoms with Crippen molar-refractivity contribution < 1.29 is 31.9 Å². The summed E-state index contributed by atoms with van der Waals surface area (Å²) in [6.45, 7) is 0. The minimum Gasteiger partial charge on any atom is -0.481 e. The molecule has 0 unspecified atom stereocenters. The number of carboxylic acids is 1. The number of nitrogens with one attached hydrogen (secondary N) is 2. The highest BCUT2D eigenvalue weighted by atomic mass is 19.4. The molecule has 3 fully saturated rings. The number of anilines is 1. The minimum absolute atomic E-state index is 0.00105. The molecule has 3 aliphatic rings. The minimum atomic E-state index is -4.67. The van der Waals surface area contributed by atoms with Crippen molar-refractivity contribution in [1.29, 1.82) is 0 Å². The normalized spacial score (nSPS) is 22.8. The number of hydrogen-bond donors (Lipinski definition) is 3. The maximum Gasteiger partial charge on any atom is 0.417 e. The second-order valence-corrected chi connectivity index (χ2v) is 10.2. The Bertz CT molecular complexity index is 1580. The molecule has 2 atom stereocenters. The average Bonchev–Trinajstić information content (AvgIpc) is 3.33. The van der Waals surface area contributed by atoms with Gasteiger partial charge in [0, 0.05) is 40.9 Å². The highest BCUT2D eigenvalue weighted by molar-refractivity contribution is 5.94. The molecular formula is C28H23F5N4O2. The van der Waals surface area contributed by atoms with E-state index in [1.807, 2.05) is 0 Å². The second kappa shape index (κ2) is 9.32. The van der Waals surface area contributed by atoms with Crippen molar-refractivity contribution in [2.75, 3.05) is 5.32 Å². The van der Waals surface area contributed by atoms with E-state index < -0.39 is 41.3 Å². The van der Waals surface area contributed by atoms with Crippen molar-refractivity contribution in [1.82, 2.24) is 15.0 Å². The van der Waals surface area contributed by atoms with Gasteiger partial charge in [-0.3, -0.25) is 4.79 Å². The molecule has 3 aliphatic carbocycles. The molecule has 11 heteroatoms. The molecule has 0 aliphatic heterocycles. The van der Waals surface area contributed by atoms with Gasteiger partial charge in [0.25, 0.3) is 0 Å². The Hall–Kier alpha value is -4.02. The zero-order chi connectivity index (χ0) is 27.5. The zero-order valence-electron chi connectivity index (χ0n) is 20.4. The van der Waals surface area contributed by atoms with E-state index >= 15 is 0 Å². The third kappa shape index (κ3) is 4.49. The Balaban J connectivity index is 1.52. The molecule has 0 saturated heterocycles. The van der Waals surface area contributed by atoms with Crippen LogP contribution in [-0.4, -0.2) is 32.1 Å². The van der Waals surface area contributed by atoms with E-state index in [9.17, 15) is 31.9 Å². The fraction of sp³-hybridized carbons (Fsp3) is 0.321. The lowest BCUT2D eigenvalue weighted by molar-refractivity contribution is -0.148. The van der Waals surface area contributed by atoms with Crippen LogP contribution in [-0.2, 0) is 11.0 Å². The Labute approximate surface area is 219 Å². The summed E-state index contributed by atoms with van der Waals surface area (Å²) >= 11 is 0. The van der Waals surface area contributed by atoms with Gasteiger partial charge in [-0.2, -0.15) is 13.2 Å². The van der Waals surface area contributed by atoms with Gasteiger partial charge in [-0.25, -0.2) is 18.7 Å². The number of carbonyl (C=O) groups is 1. The number of rotatable bonds is 5. The molecule has 4 aromatic rings. The molecule has 39 heavy (non-hydrogen) atoms. The molecule has 7 rings (SSSR count). The molecule has 0 spiro atoms. The molecule has 2 heterocycles. The van der Waals surface area contributed by atoms with Gasteiger partial charge >= 0.3 is 12.1 Å². The zero-order valence-corrected chi connectivity index (χ0v) is 20.4. The van der Waals surface area contributed by atoms with Crippen molar-refractivity contribution in [3.8, 4) is 22.6 Å². The number of aliphatic carboxylic acids is 1. The third-order valence-electron chi connectivity index (χ3n) is 8.00. The first kappa shape index (κ1) is 25.3. The van der Waals surface area contributed by atoms with Crippen LogP contribution in [0.5, 0.6) is 0 Å². The van der Waals surface area contributed by atoms with E-state index in [4.69, 9.17) is 0 Å². The molecule has 6 nitrogen and oxygen atoms in total. The first-order valence-electron chi connectivity index (χ1n) is 12.6. The maximum absolute atomic E-state index is 14.4. The maximum atomic E-state index is 14.4. The van der Waals surface area contributed by atoms with Crippen LogP contribution in [0.4, 0.5) is 27.8 Å². The number of hydrogen-bond acceptors (Lipinski definition) is 4. The van der Waals surface area contributed by atoms with Crippen molar-refractivity contribution in [3.63, 3.8) is 0 Å². The van der Waals surface area contributed by atoms with Gasteiger partial charge in [-0.05, 0) is 49.7 Å². The molecule has 0 radical (unpaired) electrons. The van der Waals surface area contributed by atoms with Gasteiger partial charge in [0.2, 0.25) is 0 Å². The lowest BCUT2D eigenvalue weighted by Gasteiger charge is -2.47. The number of fused-ring (bicyclic) bond motifs is 4. The lowest BCUT2D eigenvalue weighted by atomic mass is 9.61. The summed E-state index contributed by atoms with van der Waals surface area (Å²) in [5.74, 6) is -3.12. The number of benzene rings is 2. The number of alkyl halides is 3. The topological polar surface area (TPSA) is 90.9 Å². The summed E-state index contributed by atoms with van der Waals surface area (Å²) in [6, 6.07) is 7.67. The monoisotopic (exact) mass is 542 g/mol. The van der Waals surface area contributed by atoms with Gasteiger partial charge in [0.15, 0.2) is 5.82 Å². The molecule has 2 bridgehead atoms. The first-order valence-corrected chi connectivity index (χ1v) is 12.6. The fourth-order valence-electron chi connectivity index (χ4n) is 6.26. The Kier molecular flexibility index (Phi) is 6.04. The number of halogens is 5. The van der Waals surface area contributed by atoms with Crippen molar-refractivity contribution in [2.24, 2.45) is 17.8 Å². The number of carboxylic acid groups (broad SMARTS) is 1. The largest absolute Gasteiger partial charge is 0.481 e. The summed E-state index contributed by atoms with van der Waals surface area (Å²) in [5.41, 5.74) is -0.973. The Morgan fingerprint density at radius 1 is 0.974 bits per heavy atom. The molecular weight excluding hydrogens is 519 g/mol. The van der Waals surface area contributed by atoms with E-state index in [0.29, 0.717) is 0 Å². The van der Waals surface area contributed by atoms with Crippen LogP contribution < -0.4 is 5.32 Å². The number of H-pyrrole nitrogens is 1. The van der Waals surface area contributed by atoms with Crippen LogP contribution in [0.15, 0.2) is 48.7 Å². The smallest absolute Gasteiger partial charge is 0.417 e. The SMILES string of the molecule is O=C(O)[C@H]1C2CCC(CC2)[C@@H]1Nc1cc(-c2ccccc2C(F)(F)F)nc(-c2c[nH]c3c(F)cc(F)cc23)n1. The number of nitrogens with zero attached hydrogens (tertiary/aromatic N) is 2. The molecule has 2 aromatic carbocycles. The Morgan fingerprint density at radius 3 is 2.41 bits per heavy atom. The first-order chi connectivity index (χ1) is 18.6.